The van der Waals surface area contributed by atoms with E-state index in [-0.39, 0.29) is 11.1 Å². The largest absolute Gasteiger partial charge is 0.467 e. The molecule has 2 aliphatic carbocycles. The van der Waals surface area contributed by atoms with Crippen LogP contribution in [-0.4, -0.2) is 23.6 Å². The maximum atomic E-state index is 13.5. The zero-order valence-corrected chi connectivity index (χ0v) is 18.8. The Morgan fingerprint density at radius 3 is 2.50 bits per heavy atom. The van der Waals surface area contributed by atoms with Gasteiger partial charge in [-0.25, -0.2) is 4.79 Å². The minimum atomic E-state index is -0.962. The number of benzene rings is 1. The molecular formula is C26H32N2O4. The van der Waals surface area contributed by atoms with Crippen molar-refractivity contribution in [2.75, 3.05) is 7.11 Å². The molecule has 1 atom stereocenters. The number of nitrogens with one attached hydrogen (secondary N) is 1. The number of ether oxygens (including phenoxy) is 1. The van der Waals surface area contributed by atoms with Crippen molar-refractivity contribution in [1.82, 2.24) is 9.88 Å². The van der Waals surface area contributed by atoms with Gasteiger partial charge in [-0.15, -0.1) is 0 Å². The number of carbonyl (C=O) groups excluding carboxylic acids is 2. The highest BCUT2D eigenvalue weighted by Gasteiger charge is 2.28. The first-order chi connectivity index (χ1) is 15.6. The monoisotopic (exact) mass is 436 g/mol. The van der Waals surface area contributed by atoms with E-state index in [9.17, 15) is 14.4 Å². The second-order valence-electron chi connectivity index (χ2n) is 9.00. The van der Waals surface area contributed by atoms with E-state index in [1.807, 2.05) is 10.6 Å². The summed E-state index contributed by atoms with van der Waals surface area (Å²) in [5.74, 6) is -0.608. The van der Waals surface area contributed by atoms with Crippen molar-refractivity contribution in [2.24, 2.45) is 5.92 Å². The Balaban J connectivity index is 1.67. The van der Waals surface area contributed by atoms with Gasteiger partial charge < -0.3 is 14.6 Å². The molecule has 0 radical (unpaired) electrons. The van der Waals surface area contributed by atoms with Gasteiger partial charge in [-0.05, 0) is 61.6 Å². The van der Waals surface area contributed by atoms with E-state index in [2.05, 4.69) is 5.32 Å². The molecule has 1 amide bonds. The van der Waals surface area contributed by atoms with Gasteiger partial charge in [-0.3, -0.25) is 9.59 Å². The molecule has 0 saturated heterocycles. The summed E-state index contributed by atoms with van der Waals surface area (Å²) in [5, 5.41) is 2.75. The summed E-state index contributed by atoms with van der Waals surface area (Å²) >= 11 is 0. The standard InChI is InChI=1S/C26H32N2O4/c1-32-26(31)23(19-12-6-3-7-13-19)27-24(29)21-16-20-14-8-9-15-22(20)28(25(21)30)17-18-10-4-2-5-11-18/h3,6-7,12-13,16,18,23H,2,4-5,8-11,14-15,17H2,1H3,(H,27,29). The first-order valence-electron chi connectivity index (χ1n) is 11.8. The van der Waals surface area contributed by atoms with Gasteiger partial charge >= 0.3 is 5.97 Å². The molecule has 1 aromatic carbocycles. The van der Waals surface area contributed by atoms with E-state index in [4.69, 9.17) is 4.74 Å². The summed E-state index contributed by atoms with van der Waals surface area (Å²) < 4.78 is 6.78. The van der Waals surface area contributed by atoms with Crippen molar-refractivity contribution in [1.29, 1.82) is 0 Å². The maximum absolute atomic E-state index is 13.5. The lowest BCUT2D eigenvalue weighted by Gasteiger charge is -2.27. The van der Waals surface area contributed by atoms with Crippen LogP contribution in [0.1, 0.15) is 78.2 Å². The molecule has 0 aliphatic heterocycles. The number of hydrogen-bond donors (Lipinski definition) is 1. The van der Waals surface area contributed by atoms with Crippen LogP contribution >= 0.6 is 0 Å². The fourth-order valence-electron chi connectivity index (χ4n) is 5.11. The maximum Gasteiger partial charge on any atom is 0.333 e. The Hall–Kier alpha value is -2.89. The quantitative estimate of drug-likeness (QED) is 0.696. The van der Waals surface area contributed by atoms with E-state index in [1.165, 1.54) is 26.4 Å². The average Bonchev–Trinajstić information content (AvgIpc) is 2.84. The lowest BCUT2D eigenvalue weighted by molar-refractivity contribution is -0.143. The van der Waals surface area contributed by atoms with Crippen molar-refractivity contribution in [2.45, 2.75) is 70.4 Å². The molecule has 1 saturated carbocycles. The van der Waals surface area contributed by atoms with Crippen LogP contribution in [0.4, 0.5) is 0 Å². The number of nitrogens with zero attached hydrogens (tertiary/aromatic N) is 1. The van der Waals surface area contributed by atoms with Crippen LogP contribution in [0.5, 0.6) is 0 Å². The van der Waals surface area contributed by atoms with Crippen molar-refractivity contribution < 1.29 is 14.3 Å². The summed E-state index contributed by atoms with van der Waals surface area (Å²) in [6.45, 7) is 0.682. The predicted octanol–water partition coefficient (Wildman–Crippen LogP) is 3.95. The molecule has 6 heteroatoms. The molecule has 1 unspecified atom stereocenters. The molecule has 2 aliphatic rings. The molecule has 2 aromatic rings. The number of aryl methyl sites for hydroxylation is 1. The molecule has 0 bridgehead atoms. The predicted molar refractivity (Wildman–Crippen MR) is 123 cm³/mol. The molecule has 32 heavy (non-hydrogen) atoms. The SMILES string of the molecule is COC(=O)C(NC(=O)c1cc2c(n(CC3CCCCC3)c1=O)CCCC2)c1ccccc1. The fourth-order valence-corrected chi connectivity index (χ4v) is 5.11. The van der Waals surface area contributed by atoms with Gasteiger partial charge in [0.2, 0.25) is 0 Å². The number of rotatable bonds is 6. The van der Waals surface area contributed by atoms with E-state index in [0.717, 1.165) is 49.8 Å². The molecule has 1 heterocycles. The molecule has 1 fully saturated rings. The average molecular weight is 437 g/mol. The van der Waals surface area contributed by atoms with Crippen molar-refractivity contribution in [3.8, 4) is 0 Å². The van der Waals surface area contributed by atoms with Crippen LogP contribution in [0.2, 0.25) is 0 Å². The highest BCUT2D eigenvalue weighted by atomic mass is 16.5. The Morgan fingerprint density at radius 1 is 1.06 bits per heavy atom. The molecule has 4 rings (SSSR count). The van der Waals surface area contributed by atoms with Gasteiger partial charge in [0.1, 0.15) is 5.56 Å². The van der Waals surface area contributed by atoms with E-state index < -0.39 is 17.9 Å². The van der Waals surface area contributed by atoms with Crippen LogP contribution in [-0.2, 0) is 28.9 Å². The van der Waals surface area contributed by atoms with Gasteiger partial charge in [0.05, 0.1) is 7.11 Å². The number of fused-ring (bicyclic) bond motifs is 1. The summed E-state index contributed by atoms with van der Waals surface area (Å²) in [7, 11) is 1.29. The second-order valence-corrected chi connectivity index (χ2v) is 9.00. The van der Waals surface area contributed by atoms with Gasteiger partial charge in [0.15, 0.2) is 6.04 Å². The van der Waals surface area contributed by atoms with E-state index in [0.29, 0.717) is 18.0 Å². The molecule has 170 valence electrons. The number of methoxy groups -OCH3 is 1. The Labute approximate surface area is 189 Å². The van der Waals surface area contributed by atoms with Gasteiger partial charge in [-0.1, -0.05) is 49.6 Å². The van der Waals surface area contributed by atoms with Crippen molar-refractivity contribution >= 4 is 11.9 Å². The van der Waals surface area contributed by atoms with E-state index in [1.54, 1.807) is 30.3 Å². The van der Waals surface area contributed by atoms with Crippen LogP contribution in [0.3, 0.4) is 0 Å². The summed E-state index contributed by atoms with van der Waals surface area (Å²) in [6.07, 6.45) is 9.84. The lowest BCUT2D eigenvalue weighted by Crippen LogP contribution is -2.40. The highest BCUT2D eigenvalue weighted by Crippen LogP contribution is 2.27. The van der Waals surface area contributed by atoms with Crippen LogP contribution in [0.15, 0.2) is 41.2 Å². The molecule has 6 nitrogen and oxygen atoms in total. The molecule has 1 N–H and O–H groups in total. The van der Waals surface area contributed by atoms with Crippen molar-refractivity contribution in [3.05, 3.63) is 69.1 Å². The number of amides is 1. The minimum absolute atomic E-state index is 0.117. The zero-order valence-electron chi connectivity index (χ0n) is 18.8. The molecular weight excluding hydrogens is 404 g/mol. The smallest absolute Gasteiger partial charge is 0.333 e. The molecule has 0 spiro atoms. The number of hydrogen-bond acceptors (Lipinski definition) is 4. The molecule has 1 aromatic heterocycles. The zero-order chi connectivity index (χ0) is 22.5. The highest BCUT2D eigenvalue weighted by molar-refractivity contribution is 5.97. The Morgan fingerprint density at radius 2 is 1.78 bits per heavy atom. The number of aromatic nitrogens is 1. The number of esters is 1. The minimum Gasteiger partial charge on any atom is -0.467 e. The lowest BCUT2D eigenvalue weighted by atomic mass is 9.88. The summed E-state index contributed by atoms with van der Waals surface area (Å²) in [6, 6.07) is 9.75. The fraction of sp³-hybridized carbons (Fsp3) is 0.500. The van der Waals surface area contributed by atoms with Crippen LogP contribution in [0.25, 0.3) is 0 Å². The topological polar surface area (TPSA) is 77.4 Å². The van der Waals surface area contributed by atoms with Gasteiger partial charge in [0.25, 0.3) is 11.5 Å². The van der Waals surface area contributed by atoms with Crippen LogP contribution in [0, 0.1) is 5.92 Å². The third kappa shape index (κ3) is 4.79. The number of carbonyl (C=O) groups is 2. The summed E-state index contributed by atoms with van der Waals surface area (Å²) in [4.78, 5) is 39.2. The summed E-state index contributed by atoms with van der Waals surface area (Å²) in [5.41, 5.74) is 2.67. The first-order valence-corrected chi connectivity index (χ1v) is 11.8. The Kier molecular flexibility index (Phi) is 7.08. The second kappa shape index (κ2) is 10.2. The third-order valence-corrected chi connectivity index (χ3v) is 6.86. The third-order valence-electron chi connectivity index (χ3n) is 6.86. The van der Waals surface area contributed by atoms with Crippen molar-refractivity contribution in [3.63, 3.8) is 0 Å². The Bertz CT molecular complexity index is 1020. The first kappa shape index (κ1) is 22.3. The normalized spacial score (nSPS) is 17.3. The number of pyridine rings is 1. The van der Waals surface area contributed by atoms with Crippen LogP contribution < -0.4 is 10.9 Å². The van der Waals surface area contributed by atoms with Gasteiger partial charge in [-0.2, -0.15) is 0 Å². The van der Waals surface area contributed by atoms with Gasteiger partial charge in [0, 0.05) is 12.2 Å². The van der Waals surface area contributed by atoms with E-state index >= 15 is 0 Å².